The second kappa shape index (κ2) is 4.03. The van der Waals surface area contributed by atoms with Crippen LogP contribution < -0.4 is 0 Å². The van der Waals surface area contributed by atoms with Crippen molar-refractivity contribution in [3.8, 4) is 0 Å². The standard InChI is InChI=1S/C14H19ClS/c1-8-7-9(2)16-14(8)13(15)12-10-5-3-4-6-11(10)12/h7,10-13H,3-6H2,1-2H3. The summed E-state index contributed by atoms with van der Waals surface area (Å²) in [5.41, 5.74) is 1.41. The third-order valence-electron chi connectivity index (χ3n) is 4.39. The zero-order valence-corrected chi connectivity index (χ0v) is 11.6. The summed E-state index contributed by atoms with van der Waals surface area (Å²) in [6, 6.07) is 2.28. The van der Waals surface area contributed by atoms with Crippen LogP contribution in [0.25, 0.3) is 0 Å². The Morgan fingerprint density at radius 1 is 1.25 bits per heavy atom. The number of hydrogen-bond acceptors (Lipinski definition) is 1. The molecule has 0 amide bonds. The second-order valence-electron chi connectivity index (χ2n) is 5.50. The van der Waals surface area contributed by atoms with Gasteiger partial charge in [-0.3, -0.25) is 0 Å². The lowest BCUT2D eigenvalue weighted by molar-refractivity contribution is 0.480. The molecule has 0 saturated heterocycles. The Labute approximate surface area is 107 Å². The van der Waals surface area contributed by atoms with Crippen LogP contribution in [0.15, 0.2) is 6.07 Å². The molecule has 0 spiro atoms. The lowest BCUT2D eigenvalue weighted by atomic mass is 10.0. The zero-order valence-electron chi connectivity index (χ0n) is 10.0. The number of hydrogen-bond donors (Lipinski definition) is 0. The summed E-state index contributed by atoms with van der Waals surface area (Å²) in [4.78, 5) is 2.85. The van der Waals surface area contributed by atoms with Crippen molar-refractivity contribution in [1.29, 1.82) is 0 Å². The fourth-order valence-corrected chi connectivity index (χ4v) is 5.34. The fourth-order valence-electron chi connectivity index (χ4n) is 3.59. The van der Waals surface area contributed by atoms with E-state index in [1.54, 1.807) is 0 Å². The number of thiophene rings is 1. The first-order chi connectivity index (χ1) is 7.68. The van der Waals surface area contributed by atoms with Gasteiger partial charge < -0.3 is 0 Å². The van der Waals surface area contributed by atoms with Gasteiger partial charge in [-0.2, -0.15) is 0 Å². The van der Waals surface area contributed by atoms with Crippen molar-refractivity contribution < 1.29 is 0 Å². The molecule has 2 saturated carbocycles. The number of rotatable bonds is 2. The quantitative estimate of drug-likeness (QED) is 0.646. The van der Waals surface area contributed by atoms with E-state index in [0.29, 0.717) is 5.38 Å². The van der Waals surface area contributed by atoms with Crippen LogP contribution in [0, 0.1) is 31.6 Å². The van der Waals surface area contributed by atoms with E-state index in [0.717, 1.165) is 17.8 Å². The van der Waals surface area contributed by atoms with Gasteiger partial charge in [0.15, 0.2) is 0 Å². The Bertz CT molecular complexity index is 383. The van der Waals surface area contributed by atoms with E-state index in [1.165, 1.54) is 41.0 Å². The summed E-state index contributed by atoms with van der Waals surface area (Å²) in [5.74, 6) is 2.71. The van der Waals surface area contributed by atoms with Crippen LogP contribution in [0.4, 0.5) is 0 Å². The number of halogens is 1. The average Bonchev–Trinajstić information content (AvgIpc) is 2.89. The van der Waals surface area contributed by atoms with Gasteiger partial charge in [0.1, 0.15) is 0 Å². The molecule has 0 radical (unpaired) electrons. The first-order valence-corrected chi connectivity index (χ1v) is 7.65. The SMILES string of the molecule is Cc1cc(C)c(C(Cl)C2C3CCCCC32)s1. The van der Waals surface area contributed by atoms with Gasteiger partial charge in [-0.15, -0.1) is 22.9 Å². The zero-order chi connectivity index (χ0) is 11.3. The van der Waals surface area contributed by atoms with E-state index in [2.05, 4.69) is 19.9 Å². The Morgan fingerprint density at radius 2 is 1.88 bits per heavy atom. The van der Waals surface area contributed by atoms with Gasteiger partial charge in [-0.05, 0) is 56.1 Å². The van der Waals surface area contributed by atoms with Crippen molar-refractivity contribution in [2.75, 3.05) is 0 Å². The fraction of sp³-hybridized carbons (Fsp3) is 0.714. The molecule has 2 heteroatoms. The minimum absolute atomic E-state index is 0.298. The predicted molar refractivity (Wildman–Crippen MR) is 71.3 cm³/mol. The molecule has 0 nitrogen and oxygen atoms in total. The number of fused-ring (bicyclic) bond motifs is 1. The van der Waals surface area contributed by atoms with Crippen LogP contribution in [0.5, 0.6) is 0 Å². The van der Waals surface area contributed by atoms with Crippen molar-refractivity contribution in [3.05, 3.63) is 21.4 Å². The van der Waals surface area contributed by atoms with E-state index < -0.39 is 0 Å². The maximum absolute atomic E-state index is 6.71. The molecule has 3 rings (SSSR count). The first kappa shape index (κ1) is 11.1. The molecule has 0 N–H and O–H groups in total. The van der Waals surface area contributed by atoms with E-state index in [-0.39, 0.29) is 0 Å². The lowest BCUT2D eigenvalue weighted by Gasteiger charge is -2.08. The van der Waals surface area contributed by atoms with Gasteiger partial charge in [0.25, 0.3) is 0 Å². The number of aryl methyl sites for hydroxylation is 2. The van der Waals surface area contributed by atoms with Crippen LogP contribution in [-0.2, 0) is 0 Å². The molecule has 2 aliphatic rings. The van der Waals surface area contributed by atoms with E-state index in [4.69, 9.17) is 11.6 Å². The maximum atomic E-state index is 6.71. The van der Waals surface area contributed by atoms with E-state index >= 15 is 0 Å². The minimum atomic E-state index is 0.298. The number of alkyl halides is 1. The smallest absolute Gasteiger partial charge is 0.0714 e. The van der Waals surface area contributed by atoms with Gasteiger partial charge in [-0.1, -0.05) is 12.8 Å². The van der Waals surface area contributed by atoms with Crippen molar-refractivity contribution in [3.63, 3.8) is 0 Å². The first-order valence-electron chi connectivity index (χ1n) is 6.39. The van der Waals surface area contributed by atoms with E-state index in [1.807, 2.05) is 11.3 Å². The van der Waals surface area contributed by atoms with Crippen LogP contribution in [-0.4, -0.2) is 0 Å². The molecule has 0 aliphatic heterocycles. The normalized spacial score (nSPS) is 34.6. The maximum Gasteiger partial charge on any atom is 0.0714 e. The van der Waals surface area contributed by atoms with Gasteiger partial charge >= 0.3 is 0 Å². The molecule has 1 heterocycles. The highest BCUT2D eigenvalue weighted by Gasteiger charge is 2.54. The van der Waals surface area contributed by atoms with Crippen LogP contribution in [0.3, 0.4) is 0 Å². The van der Waals surface area contributed by atoms with Crippen molar-refractivity contribution in [2.45, 2.75) is 44.9 Å². The molecule has 2 aliphatic carbocycles. The van der Waals surface area contributed by atoms with Crippen molar-refractivity contribution in [1.82, 2.24) is 0 Å². The van der Waals surface area contributed by atoms with Crippen molar-refractivity contribution >= 4 is 22.9 Å². The lowest BCUT2D eigenvalue weighted by Crippen LogP contribution is -1.94. The van der Waals surface area contributed by atoms with Gasteiger partial charge in [0.2, 0.25) is 0 Å². The van der Waals surface area contributed by atoms with Gasteiger partial charge in [0.05, 0.1) is 5.38 Å². The molecular weight excluding hydrogens is 236 g/mol. The monoisotopic (exact) mass is 254 g/mol. The molecule has 1 aromatic rings. The molecule has 1 aromatic heterocycles. The Hall–Kier alpha value is -0.0100. The molecule has 3 atom stereocenters. The third-order valence-corrected chi connectivity index (χ3v) is 6.26. The van der Waals surface area contributed by atoms with Gasteiger partial charge in [-0.25, -0.2) is 0 Å². The van der Waals surface area contributed by atoms with Gasteiger partial charge in [0, 0.05) is 9.75 Å². The highest BCUT2D eigenvalue weighted by molar-refractivity contribution is 7.12. The molecule has 0 aromatic carbocycles. The minimum Gasteiger partial charge on any atom is -0.144 e. The second-order valence-corrected chi connectivity index (χ2v) is 7.25. The highest BCUT2D eigenvalue weighted by Crippen LogP contribution is 2.62. The molecule has 88 valence electrons. The van der Waals surface area contributed by atoms with E-state index in [9.17, 15) is 0 Å². The molecule has 0 bridgehead atoms. The van der Waals surface area contributed by atoms with Crippen LogP contribution in [0.2, 0.25) is 0 Å². The highest BCUT2D eigenvalue weighted by atomic mass is 35.5. The van der Waals surface area contributed by atoms with Crippen LogP contribution >= 0.6 is 22.9 Å². The Balaban J connectivity index is 1.78. The largest absolute Gasteiger partial charge is 0.144 e. The molecule has 3 unspecified atom stereocenters. The molecular formula is C14H19ClS. The summed E-state index contributed by atoms with van der Waals surface area (Å²) in [6.07, 6.45) is 5.73. The summed E-state index contributed by atoms with van der Waals surface area (Å²) in [6.45, 7) is 4.39. The topological polar surface area (TPSA) is 0 Å². The Morgan fingerprint density at radius 3 is 2.38 bits per heavy atom. The summed E-state index contributed by atoms with van der Waals surface area (Å²) in [5, 5.41) is 0.298. The van der Waals surface area contributed by atoms with Crippen LogP contribution in [0.1, 0.15) is 46.4 Å². The predicted octanol–water partition coefficient (Wildman–Crippen LogP) is 5.08. The van der Waals surface area contributed by atoms with Crippen molar-refractivity contribution in [2.24, 2.45) is 17.8 Å². The molecule has 16 heavy (non-hydrogen) atoms. The summed E-state index contributed by atoms with van der Waals surface area (Å²) >= 11 is 8.61. The summed E-state index contributed by atoms with van der Waals surface area (Å²) in [7, 11) is 0. The molecule has 2 fully saturated rings. The third kappa shape index (κ3) is 1.73. The Kier molecular flexibility index (Phi) is 2.79. The summed E-state index contributed by atoms with van der Waals surface area (Å²) < 4.78 is 0. The average molecular weight is 255 g/mol.